The van der Waals surface area contributed by atoms with Crippen molar-refractivity contribution in [2.75, 3.05) is 0 Å². The summed E-state index contributed by atoms with van der Waals surface area (Å²) in [5, 5.41) is 8.26. The quantitative estimate of drug-likeness (QED) is 0.418. The Morgan fingerprint density at radius 3 is 2.33 bits per heavy atom. The number of hydrogen-bond acceptors (Lipinski definition) is 2. The molecule has 0 aliphatic carbocycles. The van der Waals surface area contributed by atoms with Gasteiger partial charge in [0.1, 0.15) is 0 Å². The first kappa shape index (κ1) is 7.91. The summed E-state index contributed by atoms with van der Waals surface area (Å²) in [5.41, 5.74) is 5.18. The van der Waals surface area contributed by atoms with Gasteiger partial charge in [-0.3, -0.25) is 0 Å². The van der Waals surface area contributed by atoms with Gasteiger partial charge in [0, 0.05) is 0 Å². The Bertz CT molecular complexity index is 151. The van der Waals surface area contributed by atoms with Crippen LogP contribution < -0.4 is 5.73 Å². The average molecular weight is 127 g/mol. The lowest BCUT2D eigenvalue weighted by Gasteiger charge is -2.02. The van der Waals surface area contributed by atoms with Crippen molar-refractivity contribution in [3.05, 3.63) is 24.8 Å². The Labute approximate surface area is 53.5 Å². The lowest BCUT2D eigenvalue weighted by atomic mass is 10.1. The predicted molar refractivity (Wildman–Crippen MR) is 34.9 cm³/mol. The Balaban J connectivity index is 4.03. The molecular formula is C6H9NO2. The molecule has 0 aromatic rings. The summed E-state index contributed by atoms with van der Waals surface area (Å²) in [6, 6.07) is -0.637. The molecule has 0 heterocycles. The van der Waals surface area contributed by atoms with Gasteiger partial charge in [0.2, 0.25) is 0 Å². The minimum atomic E-state index is -1.08. The number of nitrogens with two attached hydrogens (primary N) is 1. The zero-order valence-electron chi connectivity index (χ0n) is 5.00. The molecule has 3 heteroatoms. The van der Waals surface area contributed by atoms with Crippen LogP contribution in [0.3, 0.4) is 0 Å². The van der Waals surface area contributed by atoms with Crippen LogP contribution in [0.25, 0.3) is 0 Å². The second kappa shape index (κ2) is 3.04. The van der Waals surface area contributed by atoms with Crippen molar-refractivity contribution >= 4 is 5.97 Å². The van der Waals surface area contributed by atoms with Gasteiger partial charge in [0.15, 0.2) is 0 Å². The molecule has 0 aromatic heterocycles. The summed E-state index contributed by atoms with van der Waals surface area (Å²) in [5.74, 6) is -1.08. The van der Waals surface area contributed by atoms with E-state index in [2.05, 4.69) is 13.2 Å². The van der Waals surface area contributed by atoms with Crippen molar-refractivity contribution in [3.63, 3.8) is 0 Å². The van der Waals surface area contributed by atoms with Gasteiger partial charge in [-0.05, 0) is 0 Å². The lowest BCUT2D eigenvalue weighted by Crippen LogP contribution is -2.23. The monoisotopic (exact) mass is 127 g/mol. The summed E-state index contributed by atoms with van der Waals surface area (Å²) in [6.07, 6.45) is 1.33. The third kappa shape index (κ3) is 2.10. The maximum Gasteiger partial charge on any atom is 0.332 e. The average Bonchev–Trinajstić information content (AvgIpc) is 1.84. The normalized spacial score (nSPS) is 12.1. The van der Waals surface area contributed by atoms with Crippen LogP contribution in [0.5, 0.6) is 0 Å². The van der Waals surface area contributed by atoms with Crippen LogP contribution in [0.4, 0.5) is 0 Å². The first-order valence-corrected chi connectivity index (χ1v) is 2.39. The second-order valence-electron chi connectivity index (χ2n) is 1.59. The molecule has 3 nitrogen and oxygen atoms in total. The highest BCUT2D eigenvalue weighted by Gasteiger charge is 2.08. The molecule has 1 atom stereocenters. The van der Waals surface area contributed by atoms with Crippen molar-refractivity contribution in [1.82, 2.24) is 0 Å². The molecule has 0 fully saturated rings. The fourth-order valence-electron chi connectivity index (χ4n) is 0.285. The SMILES string of the molecule is C=CC(N)C(=C)C(=O)O. The van der Waals surface area contributed by atoms with Crippen LogP contribution in [-0.4, -0.2) is 17.1 Å². The lowest BCUT2D eigenvalue weighted by molar-refractivity contribution is -0.132. The van der Waals surface area contributed by atoms with E-state index in [1.165, 1.54) is 6.08 Å². The van der Waals surface area contributed by atoms with Gasteiger partial charge in [-0.1, -0.05) is 12.7 Å². The molecule has 1 unspecified atom stereocenters. The number of carbonyl (C=O) groups is 1. The number of carboxylic acids is 1. The number of aliphatic carboxylic acids is 1. The zero-order chi connectivity index (χ0) is 7.44. The molecule has 0 aliphatic rings. The fraction of sp³-hybridized carbons (Fsp3) is 0.167. The van der Waals surface area contributed by atoms with E-state index < -0.39 is 12.0 Å². The topological polar surface area (TPSA) is 63.3 Å². The summed E-state index contributed by atoms with van der Waals surface area (Å²) < 4.78 is 0. The highest BCUT2D eigenvalue weighted by atomic mass is 16.4. The molecular weight excluding hydrogens is 118 g/mol. The summed E-state index contributed by atoms with van der Waals surface area (Å²) in [7, 11) is 0. The minimum Gasteiger partial charge on any atom is -0.478 e. The summed E-state index contributed by atoms with van der Waals surface area (Å²) >= 11 is 0. The molecule has 0 saturated heterocycles. The van der Waals surface area contributed by atoms with E-state index in [1.54, 1.807) is 0 Å². The molecule has 0 aliphatic heterocycles. The minimum absolute atomic E-state index is 0.0370. The third-order valence-corrected chi connectivity index (χ3v) is 0.931. The van der Waals surface area contributed by atoms with E-state index in [-0.39, 0.29) is 5.57 Å². The van der Waals surface area contributed by atoms with Crippen LogP contribution in [-0.2, 0) is 4.79 Å². The van der Waals surface area contributed by atoms with Crippen LogP contribution in [0.1, 0.15) is 0 Å². The Kier molecular flexibility index (Phi) is 2.67. The molecule has 50 valence electrons. The van der Waals surface area contributed by atoms with Crippen molar-refractivity contribution in [1.29, 1.82) is 0 Å². The zero-order valence-corrected chi connectivity index (χ0v) is 5.00. The van der Waals surface area contributed by atoms with Crippen molar-refractivity contribution in [2.24, 2.45) is 5.73 Å². The standard InChI is InChI=1S/C6H9NO2/c1-3-5(7)4(2)6(8)9/h3,5H,1-2,7H2,(H,8,9). The first-order valence-electron chi connectivity index (χ1n) is 2.39. The van der Waals surface area contributed by atoms with Gasteiger partial charge in [-0.15, -0.1) is 6.58 Å². The van der Waals surface area contributed by atoms with Gasteiger partial charge >= 0.3 is 5.97 Å². The molecule has 0 spiro atoms. The van der Waals surface area contributed by atoms with E-state index in [1.807, 2.05) is 0 Å². The maximum atomic E-state index is 10.1. The number of carboxylic acid groups (broad SMARTS) is 1. The predicted octanol–water partition coefficient (Wildman–Crippen LogP) is 0.140. The van der Waals surface area contributed by atoms with Gasteiger partial charge in [0.05, 0.1) is 11.6 Å². The van der Waals surface area contributed by atoms with Crippen LogP contribution in [0.15, 0.2) is 24.8 Å². The van der Waals surface area contributed by atoms with Gasteiger partial charge in [-0.25, -0.2) is 4.79 Å². The summed E-state index contributed by atoms with van der Waals surface area (Å²) in [4.78, 5) is 10.1. The van der Waals surface area contributed by atoms with E-state index in [0.29, 0.717) is 0 Å². The van der Waals surface area contributed by atoms with Crippen LogP contribution in [0, 0.1) is 0 Å². The van der Waals surface area contributed by atoms with Crippen LogP contribution in [0.2, 0.25) is 0 Å². The third-order valence-electron chi connectivity index (χ3n) is 0.931. The molecule has 0 amide bonds. The number of rotatable bonds is 3. The fourth-order valence-corrected chi connectivity index (χ4v) is 0.285. The Hall–Kier alpha value is -1.09. The van der Waals surface area contributed by atoms with Crippen molar-refractivity contribution < 1.29 is 9.90 Å². The highest BCUT2D eigenvalue weighted by molar-refractivity contribution is 5.87. The van der Waals surface area contributed by atoms with Crippen molar-refractivity contribution in [3.8, 4) is 0 Å². The molecule has 0 saturated carbocycles. The van der Waals surface area contributed by atoms with E-state index in [9.17, 15) is 4.79 Å². The Morgan fingerprint density at radius 1 is 1.78 bits per heavy atom. The molecule has 0 radical (unpaired) electrons. The molecule has 9 heavy (non-hydrogen) atoms. The van der Waals surface area contributed by atoms with Crippen molar-refractivity contribution in [2.45, 2.75) is 6.04 Å². The van der Waals surface area contributed by atoms with Gasteiger partial charge in [-0.2, -0.15) is 0 Å². The summed E-state index contributed by atoms with van der Waals surface area (Å²) in [6.45, 7) is 6.54. The van der Waals surface area contributed by atoms with Crippen LogP contribution >= 0.6 is 0 Å². The van der Waals surface area contributed by atoms with Gasteiger partial charge < -0.3 is 10.8 Å². The molecule has 0 rings (SSSR count). The maximum absolute atomic E-state index is 10.1. The van der Waals surface area contributed by atoms with E-state index >= 15 is 0 Å². The first-order chi connectivity index (χ1) is 4.09. The van der Waals surface area contributed by atoms with E-state index in [4.69, 9.17) is 10.8 Å². The van der Waals surface area contributed by atoms with Gasteiger partial charge in [0.25, 0.3) is 0 Å². The second-order valence-corrected chi connectivity index (χ2v) is 1.59. The smallest absolute Gasteiger partial charge is 0.332 e. The Morgan fingerprint density at radius 2 is 2.22 bits per heavy atom. The largest absolute Gasteiger partial charge is 0.478 e. The number of hydrogen-bond donors (Lipinski definition) is 2. The molecule has 0 bridgehead atoms. The highest BCUT2D eigenvalue weighted by Crippen LogP contribution is 1.95. The van der Waals surface area contributed by atoms with E-state index in [0.717, 1.165) is 0 Å². The molecule has 3 N–H and O–H groups in total. The molecule has 0 aromatic carbocycles.